The maximum absolute atomic E-state index is 12.1. The summed E-state index contributed by atoms with van der Waals surface area (Å²) in [5, 5.41) is 6.72. The number of ether oxygens (including phenoxy) is 1. The monoisotopic (exact) mass is 382 g/mol. The van der Waals surface area contributed by atoms with Crippen LogP contribution in [-0.2, 0) is 16.1 Å². The highest BCUT2D eigenvalue weighted by molar-refractivity contribution is 7.98. The van der Waals surface area contributed by atoms with Crippen LogP contribution in [0.2, 0.25) is 0 Å². The van der Waals surface area contributed by atoms with Gasteiger partial charge in [0.25, 0.3) is 5.91 Å². The first-order chi connectivity index (χ1) is 13.1. The number of nitrogens with zero attached hydrogens (tertiary/aromatic N) is 3. The number of esters is 1. The second-order valence-corrected chi connectivity index (χ2v) is 6.52. The van der Waals surface area contributed by atoms with Crippen molar-refractivity contribution >= 4 is 29.3 Å². The fourth-order valence-electron chi connectivity index (χ4n) is 2.33. The lowest BCUT2D eigenvalue weighted by molar-refractivity contribution is -0.119. The predicted molar refractivity (Wildman–Crippen MR) is 103 cm³/mol. The highest BCUT2D eigenvalue weighted by Gasteiger charge is 2.10. The number of carbonyl (C=O) groups is 2. The van der Waals surface area contributed by atoms with Crippen molar-refractivity contribution in [2.24, 2.45) is 0 Å². The average Bonchev–Trinajstić information content (AvgIpc) is 3.20. The maximum Gasteiger partial charge on any atom is 0.338 e. The van der Waals surface area contributed by atoms with Gasteiger partial charge in [-0.1, -0.05) is 12.1 Å². The number of benzene rings is 2. The van der Waals surface area contributed by atoms with Gasteiger partial charge in [-0.2, -0.15) is 5.10 Å². The van der Waals surface area contributed by atoms with E-state index in [4.69, 9.17) is 4.74 Å². The minimum atomic E-state index is -0.546. The fraction of sp³-hybridized carbons (Fsp3) is 0.158. The van der Waals surface area contributed by atoms with Gasteiger partial charge in [-0.3, -0.25) is 4.79 Å². The Morgan fingerprint density at radius 1 is 1.11 bits per heavy atom. The highest BCUT2D eigenvalue weighted by atomic mass is 32.2. The van der Waals surface area contributed by atoms with Crippen LogP contribution < -0.4 is 5.32 Å². The average molecular weight is 382 g/mol. The Labute approximate surface area is 160 Å². The molecule has 7 nitrogen and oxygen atoms in total. The predicted octanol–water partition coefficient (Wildman–Crippen LogP) is 2.84. The molecule has 0 saturated heterocycles. The molecule has 1 aromatic heterocycles. The van der Waals surface area contributed by atoms with Gasteiger partial charge in [-0.25, -0.2) is 14.5 Å². The van der Waals surface area contributed by atoms with Crippen molar-refractivity contribution in [1.82, 2.24) is 14.8 Å². The van der Waals surface area contributed by atoms with Crippen LogP contribution in [0.25, 0.3) is 0 Å². The molecule has 0 bridgehead atoms. The molecule has 1 heterocycles. The van der Waals surface area contributed by atoms with Crippen LogP contribution in [0.4, 0.5) is 5.69 Å². The third-order valence-corrected chi connectivity index (χ3v) is 4.45. The number of nitrogens with one attached hydrogen (secondary N) is 1. The molecule has 1 N–H and O–H groups in total. The molecule has 0 radical (unpaired) electrons. The SMILES string of the molecule is CSc1ccc(NC(=O)COC(=O)c2ccc(Cn3cncn3)cc2)cc1. The molecule has 0 aliphatic heterocycles. The van der Waals surface area contributed by atoms with E-state index in [2.05, 4.69) is 15.4 Å². The molecule has 0 fully saturated rings. The summed E-state index contributed by atoms with van der Waals surface area (Å²) >= 11 is 1.62. The summed E-state index contributed by atoms with van der Waals surface area (Å²) in [6.45, 7) is 0.219. The molecule has 0 aliphatic carbocycles. The highest BCUT2D eigenvalue weighted by Crippen LogP contribution is 2.17. The largest absolute Gasteiger partial charge is 0.452 e. The van der Waals surface area contributed by atoms with E-state index in [0.29, 0.717) is 17.8 Å². The van der Waals surface area contributed by atoms with Crippen LogP contribution in [0.5, 0.6) is 0 Å². The van der Waals surface area contributed by atoms with Crippen molar-refractivity contribution in [3.05, 3.63) is 72.3 Å². The molecule has 0 aliphatic rings. The van der Waals surface area contributed by atoms with Crippen molar-refractivity contribution in [3.8, 4) is 0 Å². The number of hydrogen-bond acceptors (Lipinski definition) is 6. The number of amides is 1. The topological polar surface area (TPSA) is 86.1 Å². The molecule has 0 spiro atoms. The minimum Gasteiger partial charge on any atom is -0.452 e. The van der Waals surface area contributed by atoms with E-state index in [1.54, 1.807) is 47.0 Å². The van der Waals surface area contributed by atoms with Gasteiger partial charge in [0.15, 0.2) is 6.61 Å². The third-order valence-electron chi connectivity index (χ3n) is 3.71. The third kappa shape index (κ3) is 5.42. The standard InChI is InChI=1S/C19H18N4O3S/c1-27-17-8-6-16(7-9-17)22-18(24)11-26-19(25)15-4-2-14(3-5-15)10-23-13-20-12-21-23/h2-9,12-13H,10-11H2,1H3,(H,22,24). The summed E-state index contributed by atoms with van der Waals surface area (Å²) in [5.41, 5.74) is 2.02. The van der Waals surface area contributed by atoms with Crippen molar-refractivity contribution in [1.29, 1.82) is 0 Å². The smallest absolute Gasteiger partial charge is 0.338 e. The number of thioether (sulfide) groups is 1. The van der Waals surface area contributed by atoms with Crippen LogP contribution in [-0.4, -0.2) is 39.5 Å². The summed E-state index contributed by atoms with van der Waals surface area (Å²) in [4.78, 5) is 29.0. The molecule has 0 saturated carbocycles. The van der Waals surface area contributed by atoms with Crippen LogP contribution in [0.15, 0.2) is 66.1 Å². The van der Waals surface area contributed by atoms with Gasteiger partial charge in [0, 0.05) is 10.6 Å². The van der Waals surface area contributed by atoms with E-state index < -0.39 is 5.97 Å². The van der Waals surface area contributed by atoms with Crippen molar-refractivity contribution in [3.63, 3.8) is 0 Å². The van der Waals surface area contributed by atoms with E-state index in [0.717, 1.165) is 10.5 Å². The van der Waals surface area contributed by atoms with Gasteiger partial charge >= 0.3 is 5.97 Å². The van der Waals surface area contributed by atoms with Gasteiger partial charge in [-0.15, -0.1) is 11.8 Å². The summed E-state index contributed by atoms with van der Waals surface area (Å²) in [5.74, 6) is -0.932. The normalized spacial score (nSPS) is 10.4. The Balaban J connectivity index is 1.48. The Morgan fingerprint density at radius 2 is 1.85 bits per heavy atom. The van der Waals surface area contributed by atoms with Crippen molar-refractivity contribution in [2.45, 2.75) is 11.4 Å². The Kier molecular flexibility index (Phi) is 6.22. The van der Waals surface area contributed by atoms with E-state index in [-0.39, 0.29) is 12.5 Å². The van der Waals surface area contributed by atoms with E-state index in [1.807, 2.05) is 30.5 Å². The van der Waals surface area contributed by atoms with Crippen molar-refractivity contribution in [2.75, 3.05) is 18.2 Å². The first kappa shape index (κ1) is 18.7. The quantitative estimate of drug-likeness (QED) is 0.500. The van der Waals surface area contributed by atoms with Gasteiger partial charge in [-0.05, 0) is 48.2 Å². The summed E-state index contributed by atoms with van der Waals surface area (Å²) in [6.07, 6.45) is 5.07. The van der Waals surface area contributed by atoms with Crippen LogP contribution in [0.1, 0.15) is 15.9 Å². The van der Waals surface area contributed by atoms with Crippen LogP contribution in [0.3, 0.4) is 0 Å². The molecule has 138 valence electrons. The van der Waals surface area contributed by atoms with Gasteiger partial charge in [0.05, 0.1) is 12.1 Å². The Morgan fingerprint density at radius 3 is 2.48 bits per heavy atom. The molecule has 1 amide bonds. The molecular weight excluding hydrogens is 364 g/mol. The van der Waals surface area contributed by atoms with Gasteiger partial charge < -0.3 is 10.1 Å². The van der Waals surface area contributed by atoms with Gasteiger partial charge in [0.2, 0.25) is 0 Å². The lowest BCUT2D eigenvalue weighted by Crippen LogP contribution is -2.20. The Bertz CT molecular complexity index is 894. The second kappa shape index (κ2) is 9.00. The molecule has 27 heavy (non-hydrogen) atoms. The lowest BCUT2D eigenvalue weighted by Gasteiger charge is -2.08. The van der Waals surface area contributed by atoms with E-state index in [9.17, 15) is 9.59 Å². The zero-order chi connectivity index (χ0) is 19.1. The van der Waals surface area contributed by atoms with Crippen LogP contribution >= 0.6 is 11.8 Å². The number of rotatable bonds is 7. The summed E-state index contributed by atoms with van der Waals surface area (Å²) in [7, 11) is 0. The summed E-state index contributed by atoms with van der Waals surface area (Å²) < 4.78 is 6.75. The van der Waals surface area contributed by atoms with Gasteiger partial charge in [0.1, 0.15) is 12.7 Å². The molecule has 0 atom stereocenters. The lowest BCUT2D eigenvalue weighted by atomic mass is 10.1. The molecule has 3 rings (SSSR count). The minimum absolute atomic E-state index is 0.343. The number of anilines is 1. The first-order valence-corrected chi connectivity index (χ1v) is 9.39. The van der Waals surface area contributed by atoms with E-state index >= 15 is 0 Å². The molecule has 8 heteroatoms. The number of carbonyl (C=O) groups excluding carboxylic acids is 2. The summed E-state index contributed by atoms with van der Waals surface area (Å²) in [6, 6.07) is 14.4. The molecule has 3 aromatic rings. The first-order valence-electron chi connectivity index (χ1n) is 8.16. The molecule has 0 unspecified atom stereocenters. The fourth-order valence-corrected chi connectivity index (χ4v) is 2.74. The van der Waals surface area contributed by atoms with Crippen LogP contribution in [0, 0.1) is 0 Å². The Hall–Kier alpha value is -3.13. The molecular formula is C19H18N4O3S. The van der Waals surface area contributed by atoms with Crippen molar-refractivity contribution < 1.29 is 14.3 Å². The maximum atomic E-state index is 12.1. The number of hydrogen-bond donors (Lipinski definition) is 1. The molecule has 2 aromatic carbocycles. The number of aromatic nitrogens is 3. The van der Waals surface area contributed by atoms with E-state index in [1.165, 1.54) is 6.33 Å². The zero-order valence-corrected chi connectivity index (χ0v) is 15.5. The zero-order valence-electron chi connectivity index (χ0n) is 14.7. The second-order valence-electron chi connectivity index (χ2n) is 5.64.